The van der Waals surface area contributed by atoms with Crippen molar-refractivity contribution in [1.29, 1.82) is 0 Å². The summed E-state index contributed by atoms with van der Waals surface area (Å²) in [4.78, 5) is 9.34. The van der Waals surface area contributed by atoms with E-state index in [0.717, 1.165) is 0 Å². The Morgan fingerprint density at radius 3 is 2.50 bits per heavy atom. The summed E-state index contributed by atoms with van der Waals surface area (Å²) in [5.41, 5.74) is 0. The van der Waals surface area contributed by atoms with E-state index in [4.69, 9.17) is 11.6 Å². The van der Waals surface area contributed by atoms with Gasteiger partial charge in [0.25, 0.3) is 0 Å². The van der Waals surface area contributed by atoms with Crippen LogP contribution in [0.25, 0.3) is 0 Å². The molecular formula is C4H4ClO. The molecule has 0 spiro atoms. The molecule has 0 unspecified atom stereocenters. The molecule has 0 aromatic heterocycles. The lowest BCUT2D eigenvalue weighted by Gasteiger charge is -1.74. The quantitative estimate of drug-likeness (QED) is 0.514. The lowest BCUT2D eigenvalue weighted by atomic mass is 10.5. The maximum absolute atomic E-state index is 9.34. The van der Waals surface area contributed by atoms with Crippen LogP contribution in [0.3, 0.4) is 0 Å². The highest BCUT2D eigenvalue weighted by Gasteiger charge is 1.80. The molecule has 0 aliphatic carbocycles. The minimum absolute atomic E-state index is 0.140. The molecule has 0 aromatic carbocycles. The van der Waals surface area contributed by atoms with Gasteiger partial charge in [-0.1, -0.05) is 18.2 Å². The van der Waals surface area contributed by atoms with E-state index in [-0.39, 0.29) is 6.42 Å². The summed E-state index contributed by atoms with van der Waals surface area (Å²) in [5.74, 6) is 0. The zero-order valence-electron chi connectivity index (χ0n) is 3.20. The number of rotatable bonds is 2. The van der Waals surface area contributed by atoms with Crippen LogP contribution >= 0.6 is 11.6 Å². The minimum atomic E-state index is 0.140. The van der Waals surface area contributed by atoms with Crippen LogP contribution in [0.2, 0.25) is 0 Å². The molecule has 0 N–H and O–H groups in total. The molecule has 0 rings (SSSR count). The zero-order chi connectivity index (χ0) is 4.99. The largest absolute Gasteiger partial charge is 0.290 e. The van der Waals surface area contributed by atoms with E-state index in [2.05, 4.69) is 6.58 Å². The second kappa shape index (κ2) is 2.91. The van der Waals surface area contributed by atoms with Gasteiger partial charge in [0.1, 0.15) is 0 Å². The summed E-state index contributed by atoms with van der Waals surface area (Å²) in [6, 6.07) is 0. The van der Waals surface area contributed by atoms with E-state index >= 15 is 0 Å². The van der Waals surface area contributed by atoms with Gasteiger partial charge in [-0.2, -0.15) is 0 Å². The number of halogens is 1. The third kappa shape index (κ3) is 3.70. The van der Waals surface area contributed by atoms with Crippen LogP contribution in [0, 0.1) is 0 Å². The van der Waals surface area contributed by atoms with Gasteiger partial charge in [0.2, 0.25) is 6.29 Å². The number of hydrogen-bond donors (Lipinski definition) is 0. The molecule has 1 radical (unpaired) electrons. The van der Waals surface area contributed by atoms with Gasteiger partial charge >= 0.3 is 0 Å². The monoisotopic (exact) mass is 103 g/mol. The van der Waals surface area contributed by atoms with E-state index in [9.17, 15) is 4.79 Å². The van der Waals surface area contributed by atoms with Gasteiger partial charge in [-0.05, 0) is 0 Å². The Morgan fingerprint density at radius 1 is 2.00 bits per heavy atom. The Kier molecular flexibility index (Phi) is 2.77. The SMILES string of the molecule is C=C(Cl)C[C]=O. The maximum Gasteiger partial charge on any atom is 0.204 e. The lowest BCUT2D eigenvalue weighted by molar-refractivity contribution is 0.556. The molecule has 33 valence electrons. The van der Waals surface area contributed by atoms with E-state index in [1.54, 1.807) is 6.29 Å². The van der Waals surface area contributed by atoms with Crippen LogP contribution in [-0.2, 0) is 4.79 Å². The summed E-state index contributed by atoms with van der Waals surface area (Å²) in [6.45, 7) is 3.25. The fraction of sp³-hybridized carbons (Fsp3) is 0.250. The fourth-order valence-corrected chi connectivity index (χ4v) is 0.133. The summed E-state index contributed by atoms with van der Waals surface area (Å²) in [5, 5.41) is 0.338. The summed E-state index contributed by atoms with van der Waals surface area (Å²) < 4.78 is 0. The van der Waals surface area contributed by atoms with Crippen LogP contribution in [0.15, 0.2) is 11.6 Å². The Balaban J connectivity index is 3.05. The van der Waals surface area contributed by atoms with Gasteiger partial charge in [-0.15, -0.1) is 0 Å². The first-order chi connectivity index (χ1) is 2.77. The van der Waals surface area contributed by atoms with E-state index in [1.165, 1.54) is 0 Å². The third-order valence-electron chi connectivity index (χ3n) is 0.264. The molecule has 0 aliphatic heterocycles. The van der Waals surface area contributed by atoms with Gasteiger partial charge < -0.3 is 0 Å². The molecular weight excluding hydrogens is 99.5 g/mol. The van der Waals surface area contributed by atoms with Gasteiger partial charge in [0.05, 0.1) is 0 Å². The molecule has 2 heteroatoms. The first-order valence-corrected chi connectivity index (χ1v) is 1.83. The van der Waals surface area contributed by atoms with E-state index in [1.807, 2.05) is 0 Å². The van der Waals surface area contributed by atoms with Crippen molar-refractivity contribution in [2.75, 3.05) is 0 Å². The van der Waals surface area contributed by atoms with E-state index in [0.29, 0.717) is 5.03 Å². The average Bonchev–Trinajstić information content (AvgIpc) is 1.35. The lowest BCUT2D eigenvalue weighted by Crippen LogP contribution is -1.67. The normalized spacial score (nSPS) is 7.50. The highest BCUT2D eigenvalue weighted by molar-refractivity contribution is 6.30. The van der Waals surface area contributed by atoms with Crippen molar-refractivity contribution in [3.63, 3.8) is 0 Å². The van der Waals surface area contributed by atoms with Crippen molar-refractivity contribution in [3.8, 4) is 0 Å². The summed E-state index contributed by atoms with van der Waals surface area (Å²) in [7, 11) is 0. The summed E-state index contributed by atoms with van der Waals surface area (Å²) in [6.07, 6.45) is 1.73. The predicted molar refractivity (Wildman–Crippen MR) is 25.3 cm³/mol. The van der Waals surface area contributed by atoms with Crippen LogP contribution in [0.4, 0.5) is 0 Å². The maximum atomic E-state index is 9.34. The molecule has 0 saturated carbocycles. The van der Waals surface area contributed by atoms with Gasteiger partial charge in [-0.3, -0.25) is 4.79 Å². The Hall–Kier alpha value is -0.300. The van der Waals surface area contributed by atoms with Crippen LogP contribution in [-0.4, -0.2) is 6.29 Å². The highest BCUT2D eigenvalue weighted by atomic mass is 35.5. The summed E-state index contributed by atoms with van der Waals surface area (Å²) >= 11 is 5.12. The van der Waals surface area contributed by atoms with Crippen LogP contribution in [0.1, 0.15) is 6.42 Å². The van der Waals surface area contributed by atoms with Gasteiger partial charge in [-0.25, -0.2) is 0 Å². The Morgan fingerprint density at radius 2 is 2.50 bits per heavy atom. The molecule has 0 heterocycles. The van der Waals surface area contributed by atoms with Crippen molar-refractivity contribution in [2.45, 2.75) is 6.42 Å². The Bertz CT molecular complexity index is 67.9. The molecule has 6 heavy (non-hydrogen) atoms. The van der Waals surface area contributed by atoms with Crippen molar-refractivity contribution in [2.24, 2.45) is 0 Å². The molecule has 0 aromatic rings. The standard InChI is InChI=1S/C4H4ClO/c1-4(5)2-3-6/h1-2H2. The zero-order valence-corrected chi connectivity index (χ0v) is 3.96. The van der Waals surface area contributed by atoms with Crippen LogP contribution in [0.5, 0.6) is 0 Å². The second-order valence-corrected chi connectivity index (χ2v) is 1.37. The molecule has 0 atom stereocenters. The van der Waals surface area contributed by atoms with Crippen LogP contribution < -0.4 is 0 Å². The fourth-order valence-electron chi connectivity index (χ4n) is 0.0783. The molecule has 0 fully saturated rings. The van der Waals surface area contributed by atoms with Crippen molar-refractivity contribution >= 4 is 17.9 Å². The number of allylic oxidation sites excluding steroid dienone is 1. The highest BCUT2D eigenvalue weighted by Crippen LogP contribution is 1.97. The topological polar surface area (TPSA) is 17.1 Å². The van der Waals surface area contributed by atoms with Crippen molar-refractivity contribution < 1.29 is 4.79 Å². The average molecular weight is 104 g/mol. The molecule has 0 aliphatic rings. The minimum Gasteiger partial charge on any atom is -0.290 e. The van der Waals surface area contributed by atoms with Crippen molar-refractivity contribution in [1.82, 2.24) is 0 Å². The smallest absolute Gasteiger partial charge is 0.204 e. The first-order valence-electron chi connectivity index (χ1n) is 1.45. The number of carbonyl (C=O) groups excluding carboxylic acids is 1. The third-order valence-corrected chi connectivity index (χ3v) is 0.398. The Labute approximate surface area is 41.6 Å². The van der Waals surface area contributed by atoms with E-state index < -0.39 is 0 Å². The number of hydrogen-bond acceptors (Lipinski definition) is 1. The van der Waals surface area contributed by atoms with Crippen molar-refractivity contribution in [3.05, 3.63) is 11.6 Å². The van der Waals surface area contributed by atoms with Gasteiger partial charge in [0.15, 0.2) is 0 Å². The molecule has 0 bridgehead atoms. The molecule has 0 amide bonds. The van der Waals surface area contributed by atoms with Gasteiger partial charge in [0, 0.05) is 11.5 Å². The molecule has 1 nitrogen and oxygen atoms in total. The second-order valence-electron chi connectivity index (χ2n) is 0.838. The predicted octanol–water partition coefficient (Wildman–Crippen LogP) is 1.24. The molecule has 0 saturated heterocycles. The first kappa shape index (κ1) is 5.70.